The molecule has 0 aliphatic rings. The van der Waals surface area contributed by atoms with Crippen molar-refractivity contribution in [3.05, 3.63) is 359 Å². The molecule has 0 radical (unpaired) electrons. The van der Waals surface area contributed by atoms with Gasteiger partial charge in [0.05, 0.1) is 94.3 Å². The fourth-order valence-corrected chi connectivity index (χ4v) is 15.2. The van der Waals surface area contributed by atoms with E-state index >= 15 is 0 Å². The highest BCUT2D eigenvalue weighted by molar-refractivity contribution is 5.94. The van der Waals surface area contributed by atoms with Crippen LogP contribution in [0.3, 0.4) is 0 Å². The predicted octanol–water partition coefficient (Wildman–Crippen LogP) is 26.2. The van der Waals surface area contributed by atoms with Gasteiger partial charge in [-0.3, -0.25) is 0 Å². The van der Waals surface area contributed by atoms with Crippen LogP contribution in [0.4, 0.5) is 0 Å². The average Bonchev–Trinajstić information content (AvgIpc) is 0.880. The number of esters is 10. The minimum Gasteiger partial charge on any atom is -0.462 e. The van der Waals surface area contributed by atoms with E-state index in [0.717, 1.165) is 109 Å². The van der Waals surface area contributed by atoms with Gasteiger partial charge in [0.25, 0.3) is 0 Å². The summed E-state index contributed by atoms with van der Waals surface area (Å²) in [5.74, 6) is -3.08. The largest absolute Gasteiger partial charge is 0.462 e. The number of ether oxygens (including phenoxy) is 10. The molecule has 0 spiro atoms. The molecule has 141 heavy (non-hydrogen) atoms. The van der Waals surface area contributed by atoms with Crippen LogP contribution >= 0.6 is 0 Å². The summed E-state index contributed by atoms with van der Waals surface area (Å²) in [4.78, 5) is 123. The molecule has 0 aliphatic heterocycles. The van der Waals surface area contributed by atoms with Crippen molar-refractivity contribution in [2.45, 2.75) is 248 Å². The smallest absolute Gasteiger partial charge is 0.338 e. The highest BCUT2D eigenvalue weighted by Crippen LogP contribution is 2.29. The van der Waals surface area contributed by atoms with Crippen molar-refractivity contribution in [3.8, 4) is 0 Å². The van der Waals surface area contributed by atoms with Crippen molar-refractivity contribution in [2.75, 3.05) is 39.6 Å². The number of unbranched alkanes of at least 4 members (excludes halogenated alkanes) is 1. The Morgan fingerprint density at radius 1 is 0.241 bits per heavy atom. The van der Waals surface area contributed by atoms with Crippen LogP contribution in [0.15, 0.2) is 303 Å². The minimum absolute atomic E-state index is 0.0137. The average molecular weight is 1930 g/mol. The molecule has 22 nitrogen and oxygen atoms in total. The van der Waals surface area contributed by atoms with Crippen LogP contribution in [0.1, 0.15) is 315 Å². The van der Waals surface area contributed by atoms with E-state index in [1.807, 2.05) is 168 Å². The van der Waals surface area contributed by atoms with E-state index in [4.69, 9.17) is 52.5 Å². The topological polar surface area (TPSA) is 303 Å². The van der Waals surface area contributed by atoms with E-state index < -0.39 is 5.60 Å². The maximum atomic E-state index is 12.5. The summed E-state index contributed by atoms with van der Waals surface area (Å²) < 4.78 is 56.0. The van der Waals surface area contributed by atoms with Gasteiger partial charge in [0, 0.05) is 37.2 Å². The molecule has 10 aromatic rings. The van der Waals surface area contributed by atoms with Crippen molar-refractivity contribution >= 4 is 59.7 Å². The quantitative estimate of drug-likeness (QED) is 0.0264. The van der Waals surface area contributed by atoms with Crippen LogP contribution in [0.5, 0.6) is 0 Å². The van der Waals surface area contributed by atoms with E-state index in [-0.39, 0.29) is 159 Å². The normalized spacial score (nSPS) is 12.9. The molecule has 10 rings (SSSR count). The SMILES string of the molecule is CCC(C)C(CCOC(=O)c1ccccc1)OC(=O)c1ccccc1.CCC(CC)C(CCOC(=O)c1ccccc1)OC(=O)c1ccccc1.CCCC(C)(O)CCO.CCCC(COC(=O)c1ccccc1)C(CCC)OC(=O)c1ccccc1.CCCC(OC(=O)c1ccccc1)C(CC)COC(=O)c1ccccc1.CCCCC(COC(=O)c1ccccc1)C(CCC)OC(=O)c1ccccc1. The monoisotopic (exact) mass is 1930 g/mol. The van der Waals surface area contributed by atoms with Crippen molar-refractivity contribution in [1.82, 2.24) is 0 Å². The number of carbonyl (C=O) groups is 10. The third-order valence-electron chi connectivity index (χ3n) is 23.6. The molecule has 22 heteroatoms. The number of carbonyl (C=O) groups excluding carboxylic acids is 10. The van der Waals surface area contributed by atoms with E-state index in [1.54, 1.807) is 177 Å². The lowest BCUT2D eigenvalue weighted by Crippen LogP contribution is -2.31. The molecule has 0 saturated carbocycles. The predicted molar refractivity (Wildman–Crippen MR) is 552 cm³/mol. The van der Waals surface area contributed by atoms with Crippen LogP contribution in [-0.4, -0.2) is 146 Å². The Balaban J connectivity index is 0.000000304. The number of rotatable bonds is 51. The molecule has 0 heterocycles. The first-order valence-electron chi connectivity index (χ1n) is 50.1. The summed E-state index contributed by atoms with van der Waals surface area (Å²) in [7, 11) is 0. The molecule has 0 saturated heterocycles. The molecule has 0 bridgehead atoms. The fraction of sp³-hybridized carbons (Fsp3) is 0.412. The van der Waals surface area contributed by atoms with Crippen molar-refractivity contribution in [3.63, 3.8) is 0 Å². The maximum Gasteiger partial charge on any atom is 0.338 e. The molecular weight excluding hydrogens is 1780 g/mol. The lowest BCUT2D eigenvalue weighted by molar-refractivity contribution is -0.0105. The Morgan fingerprint density at radius 2 is 0.461 bits per heavy atom. The molecule has 10 atom stereocenters. The number of benzene rings is 10. The first-order valence-corrected chi connectivity index (χ1v) is 50.1. The standard InChI is InChI=1S/C24H30O4.C23H28O4.2C22H26O4.C21H24O4.C7H16O2/c1-3-5-13-21(18-27-23(25)19-14-8-6-9-15-19)22(12-4-2)28-24(26)20-16-10-7-11-17-20;1-3-11-20(17-26-22(24)18-13-7-5-8-14-18)21(12-4-2)27-23(25)19-15-9-6-10-16-19;1-3-17(4-2)20(26-22(24)19-13-9-6-10-14-19)15-16-25-21(23)18-11-7-5-8-12-18;1-3-11-20(26-22(24)19-14-9-6-10-15-19)17(4-2)16-25-21(23)18-12-7-5-8-13-18;1-3-16(2)19(25-21(23)18-12-8-5-9-13-18)14-15-24-20(22)17-10-6-4-7-11-17;1-3-4-7(2,9)5-6-8/h6-11,14-17,21-22H,3-5,12-13,18H2,1-2H3;5-10,13-16,20-21H,3-4,11-12,17H2,1-2H3;5-14,17,20H,3-4,15-16H2,1-2H3;5-10,12-15,17,20H,3-4,11,16H2,1-2H3;4-13,16,19H,3,14-15H2,1-2H3;8-9H,3-6H2,1-2H3. The van der Waals surface area contributed by atoms with Gasteiger partial charge in [0.1, 0.15) is 30.5 Å². The minimum atomic E-state index is -0.649. The van der Waals surface area contributed by atoms with E-state index in [0.29, 0.717) is 74.9 Å². The van der Waals surface area contributed by atoms with Gasteiger partial charge in [0.2, 0.25) is 0 Å². The molecular formula is C119H150O22. The molecule has 10 aromatic carbocycles. The van der Waals surface area contributed by atoms with E-state index in [9.17, 15) is 53.1 Å². The van der Waals surface area contributed by atoms with Crippen molar-refractivity contribution in [2.24, 2.45) is 29.6 Å². The summed E-state index contributed by atoms with van der Waals surface area (Å²) >= 11 is 0. The fourth-order valence-electron chi connectivity index (χ4n) is 15.2. The molecule has 2 N–H and O–H groups in total. The summed E-state index contributed by atoms with van der Waals surface area (Å²) in [5.41, 5.74) is 4.64. The van der Waals surface area contributed by atoms with Crippen LogP contribution in [0, 0.1) is 29.6 Å². The molecule has 0 fully saturated rings. The van der Waals surface area contributed by atoms with Crippen LogP contribution in [0.2, 0.25) is 0 Å². The van der Waals surface area contributed by atoms with Gasteiger partial charge in [-0.25, -0.2) is 47.9 Å². The Morgan fingerprint density at radius 3 is 0.695 bits per heavy atom. The van der Waals surface area contributed by atoms with Gasteiger partial charge in [-0.05, 0) is 204 Å². The van der Waals surface area contributed by atoms with Crippen LogP contribution in [0.25, 0.3) is 0 Å². The Kier molecular flexibility index (Phi) is 59.1. The first kappa shape index (κ1) is 118. The third kappa shape index (κ3) is 46.6. The van der Waals surface area contributed by atoms with Gasteiger partial charge in [-0.2, -0.15) is 0 Å². The van der Waals surface area contributed by atoms with E-state index in [2.05, 4.69) is 41.5 Å². The Labute approximate surface area is 836 Å². The lowest BCUT2D eigenvalue weighted by atomic mass is 9.93. The van der Waals surface area contributed by atoms with Gasteiger partial charge in [-0.15, -0.1) is 0 Å². The van der Waals surface area contributed by atoms with Crippen molar-refractivity contribution in [1.29, 1.82) is 0 Å². The third-order valence-corrected chi connectivity index (χ3v) is 23.6. The molecule has 0 aromatic heterocycles. The summed E-state index contributed by atoms with van der Waals surface area (Å²) in [6.45, 7) is 25.6. The Hall–Kier alpha value is -13.2. The summed E-state index contributed by atoms with van der Waals surface area (Å²) in [5, 5.41) is 17.8. The summed E-state index contributed by atoms with van der Waals surface area (Å²) in [6.07, 6.45) is 14.8. The van der Waals surface area contributed by atoms with Gasteiger partial charge < -0.3 is 57.6 Å². The zero-order valence-electron chi connectivity index (χ0n) is 84.6. The number of hydrogen-bond donors (Lipinski definition) is 2. The van der Waals surface area contributed by atoms with Crippen LogP contribution in [-0.2, 0) is 47.4 Å². The van der Waals surface area contributed by atoms with Gasteiger partial charge in [-0.1, -0.05) is 310 Å². The molecule has 758 valence electrons. The molecule has 10 unspecified atom stereocenters. The zero-order valence-corrected chi connectivity index (χ0v) is 84.6. The zero-order chi connectivity index (χ0) is 103. The highest BCUT2D eigenvalue weighted by Gasteiger charge is 2.32. The molecule has 0 aliphatic carbocycles. The van der Waals surface area contributed by atoms with Gasteiger partial charge in [0.15, 0.2) is 0 Å². The second-order valence-electron chi connectivity index (χ2n) is 34.7. The van der Waals surface area contributed by atoms with Crippen molar-refractivity contribution < 1.29 is 106 Å². The second kappa shape index (κ2) is 70.4. The number of aliphatic hydroxyl groups excluding tert-OH is 1. The van der Waals surface area contributed by atoms with Gasteiger partial charge >= 0.3 is 59.7 Å². The Bertz CT molecular complexity index is 5010. The number of hydrogen-bond acceptors (Lipinski definition) is 22. The lowest BCUT2D eigenvalue weighted by Gasteiger charge is -2.27. The first-order chi connectivity index (χ1) is 68.3. The summed E-state index contributed by atoms with van der Waals surface area (Å²) in [6, 6.07) is 89.4. The van der Waals surface area contributed by atoms with Crippen LogP contribution < -0.4 is 0 Å². The maximum absolute atomic E-state index is 12.5. The molecule has 0 amide bonds. The highest BCUT2D eigenvalue weighted by atomic mass is 16.6. The number of aliphatic hydroxyl groups is 2. The second-order valence-corrected chi connectivity index (χ2v) is 34.7. The van der Waals surface area contributed by atoms with E-state index in [1.165, 1.54) is 0 Å².